The number of benzene rings is 1. The number of nitrogens with zero attached hydrogens (tertiary/aromatic N) is 3. The molecule has 8 nitrogen and oxygen atoms in total. The van der Waals surface area contributed by atoms with E-state index in [9.17, 15) is 18.0 Å². The van der Waals surface area contributed by atoms with Crippen LogP contribution in [0.1, 0.15) is 24.5 Å². The van der Waals surface area contributed by atoms with Gasteiger partial charge < -0.3 is 9.64 Å². The summed E-state index contributed by atoms with van der Waals surface area (Å²) in [5.41, 5.74) is 0.598. The van der Waals surface area contributed by atoms with Crippen molar-refractivity contribution in [3.63, 3.8) is 0 Å². The molecule has 1 saturated heterocycles. The second kappa shape index (κ2) is 9.36. The summed E-state index contributed by atoms with van der Waals surface area (Å²) in [6, 6.07) is 11.9. The van der Waals surface area contributed by atoms with Crippen molar-refractivity contribution in [3.05, 3.63) is 60.4 Å². The summed E-state index contributed by atoms with van der Waals surface area (Å²) in [7, 11) is -0.434. The summed E-state index contributed by atoms with van der Waals surface area (Å²) in [6.07, 6.45) is 2.46. The number of rotatable bonds is 6. The van der Waals surface area contributed by atoms with Gasteiger partial charge in [-0.25, -0.2) is 8.42 Å². The maximum Gasteiger partial charge on any atom is 0.310 e. The van der Waals surface area contributed by atoms with Crippen molar-refractivity contribution in [1.82, 2.24) is 14.2 Å². The third kappa shape index (κ3) is 4.85. The van der Waals surface area contributed by atoms with Gasteiger partial charge in [-0.15, -0.1) is 0 Å². The van der Waals surface area contributed by atoms with E-state index in [1.807, 2.05) is 6.07 Å². The number of piperidine rings is 1. The van der Waals surface area contributed by atoms with E-state index in [1.165, 1.54) is 27.7 Å². The van der Waals surface area contributed by atoms with Gasteiger partial charge in [0, 0.05) is 45.1 Å². The molecule has 0 spiro atoms. The predicted molar refractivity (Wildman–Crippen MR) is 110 cm³/mol. The number of pyridine rings is 1. The SMILES string of the molecule is CN(C)C(=O)C(OC(=O)C1CCN(S(=O)(=O)c2cccnc2)CC1)c1ccccc1. The maximum atomic E-state index is 12.8. The number of ether oxygens (including phenoxy) is 1. The number of likely N-dealkylation sites (N-methyl/N-ethyl adjacent to an activating group) is 1. The van der Waals surface area contributed by atoms with E-state index in [1.54, 1.807) is 44.4 Å². The van der Waals surface area contributed by atoms with Crippen molar-refractivity contribution < 1.29 is 22.7 Å². The minimum atomic E-state index is -3.64. The van der Waals surface area contributed by atoms with Gasteiger partial charge in [0.2, 0.25) is 16.1 Å². The highest BCUT2D eigenvalue weighted by Crippen LogP contribution is 2.27. The van der Waals surface area contributed by atoms with E-state index in [4.69, 9.17) is 4.74 Å². The summed E-state index contributed by atoms with van der Waals surface area (Å²) >= 11 is 0. The number of hydrogen-bond acceptors (Lipinski definition) is 6. The van der Waals surface area contributed by atoms with Gasteiger partial charge in [-0.05, 0) is 25.0 Å². The average molecular weight is 432 g/mol. The number of carbonyl (C=O) groups is 2. The molecule has 1 amide bonds. The molecular formula is C21H25N3O5S. The molecule has 1 aliphatic rings. The maximum absolute atomic E-state index is 12.8. The van der Waals surface area contributed by atoms with E-state index >= 15 is 0 Å². The molecule has 1 aromatic carbocycles. The zero-order valence-electron chi connectivity index (χ0n) is 17.0. The lowest BCUT2D eigenvalue weighted by Crippen LogP contribution is -2.41. The Kier molecular flexibility index (Phi) is 6.84. The molecule has 2 heterocycles. The molecule has 1 aromatic heterocycles. The molecule has 1 aliphatic heterocycles. The molecule has 0 radical (unpaired) electrons. The number of carbonyl (C=O) groups excluding carboxylic acids is 2. The van der Waals surface area contributed by atoms with E-state index in [2.05, 4.69) is 4.98 Å². The van der Waals surface area contributed by atoms with E-state index < -0.39 is 28.0 Å². The van der Waals surface area contributed by atoms with Gasteiger partial charge in [-0.1, -0.05) is 30.3 Å². The van der Waals surface area contributed by atoms with Crippen LogP contribution in [0.15, 0.2) is 59.8 Å². The highest BCUT2D eigenvalue weighted by molar-refractivity contribution is 7.89. The Morgan fingerprint density at radius 1 is 1.10 bits per heavy atom. The van der Waals surface area contributed by atoms with Crippen LogP contribution in [0.25, 0.3) is 0 Å². The lowest BCUT2D eigenvalue weighted by atomic mass is 9.98. The Morgan fingerprint density at radius 2 is 1.77 bits per heavy atom. The Labute approximate surface area is 176 Å². The first-order chi connectivity index (χ1) is 14.3. The minimum absolute atomic E-state index is 0.131. The molecule has 0 aliphatic carbocycles. The summed E-state index contributed by atoms with van der Waals surface area (Å²) in [5.74, 6) is -1.28. The summed E-state index contributed by atoms with van der Waals surface area (Å²) in [4.78, 5) is 30.7. The van der Waals surface area contributed by atoms with Gasteiger partial charge in [0.1, 0.15) is 4.90 Å². The molecule has 160 valence electrons. The van der Waals surface area contributed by atoms with Gasteiger partial charge in [-0.2, -0.15) is 4.31 Å². The third-order valence-electron chi connectivity index (χ3n) is 5.06. The number of amides is 1. The van der Waals surface area contributed by atoms with Crippen molar-refractivity contribution in [2.45, 2.75) is 23.8 Å². The molecule has 0 bridgehead atoms. The van der Waals surface area contributed by atoms with Crippen molar-refractivity contribution in [3.8, 4) is 0 Å². The zero-order valence-corrected chi connectivity index (χ0v) is 17.8. The number of sulfonamides is 1. The monoisotopic (exact) mass is 431 g/mol. The van der Waals surface area contributed by atoms with Crippen LogP contribution in [0.5, 0.6) is 0 Å². The van der Waals surface area contributed by atoms with Crippen molar-refractivity contribution in [2.24, 2.45) is 5.92 Å². The Hall–Kier alpha value is -2.78. The number of esters is 1. The molecular weight excluding hydrogens is 406 g/mol. The Bertz CT molecular complexity index is 972. The van der Waals surface area contributed by atoms with Crippen LogP contribution in [0.2, 0.25) is 0 Å². The standard InChI is InChI=1S/C21H25N3O5S/c1-23(2)20(25)19(16-7-4-3-5-8-16)29-21(26)17-10-13-24(14-11-17)30(27,28)18-9-6-12-22-15-18/h3-9,12,15,17,19H,10-11,13-14H2,1-2H3. The van der Waals surface area contributed by atoms with Crippen LogP contribution < -0.4 is 0 Å². The van der Waals surface area contributed by atoms with Crippen LogP contribution in [-0.4, -0.2) is 61.7 Å². The smallest absolute Gasteiger partial charge is 0.310 e. The fraction of sp³-hybridized carbons (Fsp3) is 0.381. The fourth-order valence-corrected chi connectivity index (χ4v) is 4.75. The van der Waals surface area contributed by atoms with Gasteiger partial charge in [-0.3, -0.25) is 14.6 Å². The Morgan fingerprint density at radius 3 is 2.33 bits per heavy atom. The summed E-state index contributed by atoms with van der Waals surface area (Å²) < 4.78 is 32.4. The van der Waals surface area contributed by atoms with E-state index in [0.29, 0.717) is 18.4 Å². The van der Waals surface area contributed by atoms with Gasteiger partial charge in [0.05, 0.1) is 5.92 Å². The van der Waals surface area contributed by atoms with Crippen molar-refractivity contribution >= 4 is 21.9 Å². The number of hydrogen-bond donors (Lipinski definition) is 0. The normalized spacial score (nSPS) is 16.6. The van der Waals surface area contributed by atoms with Crippen LogP contribution in [0.3, 0.4) is 0 Å². The quantitative estimate of drug-likeness (QED) is 0.648. The highest BCUT2D eigenvalue weighted by atomic mass is 32.2. The summed E-state index contributed by atoms with van der Waals surface area (Å²) in [6.45, 7) is 0.406. The molecule has 30 heavy (non-hydrogen) atoms. The molecule has 1 fully saturated rings. The molecule has 2 aromatic rings. The third-order valence-corrected chi connectivity index (χ3v) is 6.94. The first-order valence-corrected chi connectivity index (χ1v) is 11.1. The Balaban J connectivity index is 1.66. The predicted octanol–water partition coefficient (Wildman–Crippen LogP) is 1.85. The first-order valence-electron chi connectivity index (χ1n) is 9.67. The highest BCUT2D eigenvalue weighted by Gasteiger charge is 2.35. The van der Waals surface area contributed by atoms with Crippen molar-refractivity contribution in [1.29, 1.82) is 0 Å². The molecule has 0 saturated carbocycles. The van der Waals surface area contributed by atoms with Gasteiger partial charge in [0.25, 0.3) is 5.91 Å². The van der Waals surface area contributed by atoms with E-state index in [-0.39, 0.29) is 23.9 Å². The molecule has 1 atom stereocenters. The topological polar surface area (TPSA) is 96.9 Å². The lowest BCUT2D eigenvalue weighted by Gasteiger charge is -2.31. The van der Waals surface area contributed by atoms with Gasteiger partial charge in [0.15, 0.2) is 0 Å². The van der Waals surface area contributed by atoms with Crippen LogP contribution >= 0.6 is 0 Å². The van der Waals surface area contributed by atoms with Gasteiger partial charge >= 0.3 is 5.97 Å². The second-order valence-electron chi connectivity index (χ2n) is 7.33. The molecule has 0 N–H and O–H groups in total. The zero-order chi connectivity index (χ0) is 21.7. The van der Waals surface area contributed by atoms with E-state index in [0.717, 1.165) is 0 Å². The second-order valence-corrected chi connectivity index (χ2v) is 9.27. The molecule has 3 rings (SSSR count). The first kappa shape index (κ1) is 21.9. The lowest BCUT2D eigenvalue weighted by molar-refractivity contribution is -0.164. The van der Waals surface area contributed by atoms with Crippen molar-refractivity contribution in [2.75, 3.05) is 27.2 Å². The van der Waals surface area contributed by atoms with Crippen LogP contribution in [0, 0.1) is 5.92 Å². The van der Waals surface area contributed by atoms with Crippen LogP contribution in [-0.2, 0) is 24.3 Å². The molecule has 9 heteroatoms. The fourth-order valence-electron chi connectivity index (χ4n) is 3.32. The average Bonchev–Trinajstić information content (AvgIpc) is 2.78. The number of aromatic nitrogens is 1. The molecule has 1 unspecified atom stereocenters. The largest absolute Gasteiger partial charge is 0.447 e. The van der Waals surface area contributed by atoms with Crippen LogP contribution in [0.4, 0.5) is 0 Å². The summed E-state index contributed by atoms with van der Waals surface area (Å²) in [5, 5.41) is 0. The minimum Gasteiger partial charge on any atom is -0.447 e.